The quantitative estimate of drug-likeness (QED) is 0.524. The molecule has 0 heterocycles. The lowest BCUT2D eigenvalue weighted by Gasteiger charge is -2.36. The fourth-order valence-electron chi connectivity index (χ4n) is 3.84. The van der Waals surface area contributed by atoms with E-state index >= 15 is 0 Å². The highest BCUT2D eigenvalue weighted by atomic mass is 16.6. The first-order valence-electron chi connectivity index (χ1n) is 12.0. The van der Waals surface area contributed by atoms with Crippen molar-refractivity contribution in [2.24, 2.45) is 5.92 Å². The smallest absolute Gasteiger partial charge is 0.408 e. The van der Waals surface area contributed by atoms with E-state index in [1.165, 1.54) is 4.90 Å². The zero-order chi connectivity index (χ0) is 27.1. The third kappa shape index (κ3) is 9.59. The number of rotatable bonds is 8. The molecule has 0 spiro atoms. The molecule has 1 aromatic rings. The molecule has 2 atom stereocenters. The summed E-state index contributed by atoms with van der Waals surface area (Å²) >= 11 is 0. The summed E-state index contributed by atoms with van der Waals surface area (Å²) in [5, 5.41) is 15.3. The van der Waals surface area contributed by atoms with Crippen molar-refractivity contribution in [1.82, 2.24) is 15.5 Å². The second-order valence-corrected chi connectivity index (χ2v) is 11.4. The molecule has 1 aromatic carbocycles. The van der Waals surface area contributed by atoms with Gasteiger partial charge in [0.05, 0.1) is 6.07 Å². The van der Waals surface area contributed by atoms with Gasteiger partial charge >= 0.3 is 6.09 Å². The van der Waals surface area contributed by atoms with Gasteiger partial charge in [0.1, 0.15) is 24.2 Å². The second kappa shape index (κ2) is 12.1. The van der Waals surface area contributed by atoms with E-state index in [-0.39, 0.29) is 18.4 Å². The fraction of sp³-hybridized carbons (Fsp3) is 0.630. The third-order valence-corrected chi connectivity index (χ3v) is 5.09. The van der Waals surface area contributed by atoms with Crippen LogP contribution in [-0.4, -0.2) is 46.5 Å². The molecule has 2 N–H and O–H groups in total. The van der Waals surface area contributed by atoms with E-state index in [1.54, 1.807) is 20.8 Å². The molecule has 0 aliphatic carbocycles. The van der Waals surface area contributed by atoms with Gasteiger partial charge in [-0.1, -0.05) is 32.0 Å². The summed E-state index contributed by atoms with van der Waals surface area (Å²) in [6, 6.07) is 5.66. The first-order chi connectivity index (χ1) is 16.0. The van der Waals surface area contributed by atoms with Crippen molar-refractivity contribution in [1.29, 1.82) is 5.26 Å². The number of alkyl carbamates (subject to hydrolysis) is 1. The molecule has 3 amide bonds. The van der Waals surface area contributed by atoms with Gasteiger partial charge in [0.15, 0.2) is 0 Å². The van der Waals surface area contributed by atoms with Crippen LogP contribution >= 0.6 is 0 Å². The first kappa shape index (κ1) is 30.0. The van der Waals surface area contributed by atoms with Crippen LogP contribution in [0, 0.1) is 31.1 Å². The van der Waals surface area contributed by atoms with Crippen molar-refractivity contribution in [2.45, 2.75) is 98.9 Å². The molecular weight excluding hydrogens is 444 g/mol. The molecule has 0 saturated heterocycles. The van der Waals surface area contributed by atoms with Crippen LogP contribution in [0.15, 0.2) is 18.2 Å². The van der Waals surface area contributed by atoms with Crippen LogP contribution in [0.1, 0.15) is 84.5 Å². The Hall–Kier alpha value is -3.08. The summed E-state index contributed by atoms with van der Waals surface area (Å²) in [6.45, 7) is 18.1. The summed E-state index contributed by atoms with van der Waals surface area (Å²) in [5.74, 6) is -0.841. The Labute approximate surface area is 210 Å². The number of amides is 3. The van der Waals surface area contributed by atoms with Gasteiger partial charge in [0.2, 0.25) is 11.8 Å². The summed E-state index contributed by atoms with van der Waals surface area (Å²) < 4.78 is 5.37. The average molecular weight is 487 g/mol. The zero-order valence-corrected chi connectivity index (χ0v) is 22.9. The number of benzene rings is 1. The monoisotopic (exact) mass is 486 g/mol. The van der Waals surface area contributed by atoms with Crippen LogP contribution in [0.4, 0.5) is 4.79 Å². The summed E-state index contributed by atoms with van der Waals surface area (Å²) in [4.78, 5) is 41.3. The maximum Gasteiger partial charge on any atom is 0.408 e. The Kier molecular flexibility index (Phi) is 10.3. The van der Waals surface area contributed by atoms with E-state index in [9.17, 15) is 19.6 Å². The molecule has 2 unspecified atom stereocenters. The molecule has 8 nitrogen and oxygen atoms in total. The zero-order valence-electron chi connectivity index (χ0n) is 22.9. The Balaban J connectivity index is 3.58. The molecule has 0 fully saturated rings. The number of hydrogen-bond donors (Lipinski definition) is 2. The maximum atomic E-state index is 13.9. The Bertz CT molecular complexity index is 931. The highest BCUT2D eigenvalue weighted by molar-refractivity contribution is 5.93. The maximum absolute atomic E-state index is 13.9. The van der Waals surface area contributed by atoms with E-state index in [4.69, 9.17) is 4.74 Å². The predicted molar refractivity (Wildman–Crippen MR) is 136 cm³/mol. The number of aryl methyl sites for hydroxylation is 2. The van der Waals surface area contributed by atoms with Gasteiger partial charge in [-0.2, -0.15) is 5.26 Å². The normalized spacial score (nSPS) is 13.4. The molecule has 0 aromatic heterocycles. The van der Waals surface area contributed by atoms with Gasteiger partial charge < -0.3 is 20.3 Å². The minimum Gasteiger partial charge on any atom is -0.444 e. The highest BCUT2D eigenvalue weighted by Gasteiger charge is 2.38. The molecule has 0 aliphatic heterocycles. The first-order valence-corrected chi connectivity index (χ1v) is 12.0. The molecule has 0 radical (unpaired) electrons. The van der Waals surface area contributed by atoms with Crippen LogP contribution < -0.4 is 10.6 Å². The summed E-state index contributed by atoms with van der Waals surface area (Å²) in [6.07, 6.45) is -0.406. The molecule has 194 valence electrons. The Morgan fingerprint density at radius 1 is 1.06 bits per heavy atom. The third-order valence-electron chi connectivity index (χ3n) is 5.09. The van der Waals surface area contributed by atoms with Crippen molar-refractivity contribution >= 4 is 17.9 Å². The second-order valence-electron chi connectivity index (χ2n) is 11.4. The highest BCUT2D eigenvalue weighted by Crippen LogP contribution is 2.29. The number of nitrogens with one attached hydrogen (secondary N) is 2. The molecule has 35 heavy (non-hydrogen) atoms. The minimum atomic E-state index is -1.04. The van der Waals surface area contributed by atoms with Gasteiger partial charge in [-0.15, -0.1) is 0 Å². The van der Waals surface area contributed by atoms with Crippen LogP contribution in [0.2, 0.25) is 0 Å². The lowest BCUT2D eigenvalue weighted by atomic mass is 9.92. The van der Waals surface area contributed by atoms with Gasteiger partial charge in [-0.05, 0) is 84.4 Å². The van der Waals surface area contributed by atoms with Crippen molar-refractivity contribution in [2.75, 3.05) is 6.54 Å². The number of nitriles is 1. The fourth-order valence-corrected chi connectivity index (χ4v) is 3.84. The van der Waals surface area contributed by atoms with E-state index in [2.05, 4.69) is 10.6 Å². The molecule has 8 heteroatoms. The van der Waals surface area contributed by atoms with Crippen LogP contribution in [0.25, 0.3) is 0 Å². The van der Waals surface area contributed by atoms with Crippen LogP contribution in [0.5, 0.6) is 0 Å². The van der Waals surface area contributed by atoms with Crippen molar-refractivity contribution < 1.29 is 19.1 Å². The molecular formula is C27H42N4O4. The predicted octanol–water partition coefficient (Wildman–Crippen LogP) is 4.55. The number of ether oxygens (including phenoxy) is 1. The molecule has 0 bridgehead atoms. The van der Waals surface area contributed by atoms with E-state index in [0.29, 0.717) is 12.0 Å². The van der Waals surface area contributed by atoms with Crippen molar-refractivity contribution in [3.63, 3.8) is 0 Å². The average Bonchev–Trinajstić information content (AvgIpc) is 2.65. The van der Waals surface area contributed by atoms with Gasteiger partial charge in [-0.25, -0.2) is 4.79 Å². The lowest BCUT2D eigenvalue weighted by molar-refractivity contribution is -0.142. The van der Waals surface area contributed by atoms with Crippen molar-refractivity contribution in [3.05, 3.63) is 34.9 Å². The van der Waals surface area contributed by atoms with Gasteiger partial charge in [0.25, 0.3) is 0 Å². The van der Waals surface area contributed by atoms with E-state index in [1.807, 2.05) is 72.7 Å². The largest absolute Gasteiger partial charge is 0.444 e. The van der Waals surface area contributed by atoms with Gasteiger partial charge in [0, 0.05) is 5.54 Å². The number of hydrogen-bond acceptors (Lipinski definition) is 5. The molecule has 1 rings (SSSR count). The summed E-state index contributed by atoms with van der Waals surface area (Å²) in [7, 11) is 0. The Morgan fingerprint density at radius 2 is 1.60 bits per heavy atom. The van der Waals surface area contributed by atoms with Crippen LogP contribution in [0.3, 0.4) is 0 Å². The van der Waals surface area contributed by atoms with E-state index in [0.717, 1.165) is 11.1 Å². The molecule has 0 saturated carbocycles. The van der Waals surface area contributed by atoms with E-state index < -0.39 is 35.2 Å². The van der Waals surface area contributed by atoms with Gasteiger partial charge in [-0.3, -0.25) is 9.59 Å². The molecule has 0 aliphatic rings. The number of carbonyl (C=O) groups is 3. The SMILES string of the molecule is Cc1cccc(C)c1C(C(=O)NC(C)(C)C)N(CC#N)C(=O)C(CC(C)C)NC(=O)OC(C)(C)C. The van der Waals surface area contributed by atoms with Crippen molar-refractivity contribution in [3.8, 4) is 6.07 Å². The summed E-state index contributed by atoms with van der Waals surface area (Å²) in [5.41, 5.74) is 1.03. The Morgan fingerprint density at radius 3 is 2.03 bits per heavy atom. The number of carbonyl (C=O) groups excluding carboxylic acids is 3. The minimum absolute atomic E-state index is 0.0601. The standard InChI is InChI=1S/C27H42N4O4/c1-17(2)16-20(29-25(34)35-27(8,9)10)24(33)31(15-14-28)22(23(32)30-26(5,6)7)21-18(3)12-11-13-19(21)4/h11-13,17,20,22H,15-16H2,1-10H3,(H,29,34)(H,30,32). The van der Waals surface area contributed by atoms with Crippen LogP contribution in [-0.2, 0) is 14.3 Å². The topological polar surface area (TPSA) is 112 Å². The lowest BCUT2D eigenvalue weighted by Crippen LogP contribution is -2.55. The number of nitrogens with zero attached hydrogens (tertiary/aromatic N) is 2.